The monoisotopic (exact) mass is 240 g/mol. The minimum absolute atomic E-state index is 0.0730. The van der Waals surface area contributed by atoms with Gasteiger partial charge in [-0.05, 0) is 36.4 Å². The van der Waals surface area contributed by atoms with Gasteiger partial charge in [-0.25, -0.2) is 0 Å². The average molecular weight is 240 g/mol. The van der Waals surface area contributed by atoms with E-state index in [1.807, 2.05) is 12.1 Å². The molecule has 0 fully saturated rings. The Balaban J connectivity index is 1.85. The molecule has 0 aliphatic heterocycles. The molecule has 90 valence electrons. The highest BCUT2D eigenvalue weighted by molar-refractivity contribution is 5.90. The third-order valence-electron chi connectivity index (χ3n) is 2.48. The third-order valence-corrected chi connectivity index (χ3v) is 2.48. The predicted molar refractivity (Wildman–Crippen MR) is 66.8 cm³/mol. The number of anilines is 1. The highest BCUT2D eigenvalue weighted by Gasteiger charge is 2.04. The van der Waals surface area contributed by atoms with Gasteiger partial charge in [-0.3, -0.25) is 4.79 Å². The summed E-state index contributed by atoms with van der Waals surface area (Å²) in [4.78, 5) is 11.6. The zero-order chi connectivity index (χ0) is 12.8. The van der Waals surface area contributed by atoms with Crippen LogP contribution in [-0.2, 0) is 11.2 Å². The fraction of sp³-hybridized carbons (Fsp3) is 0.143. The van der Waals surface area contributed by atoms with Crippen molar-refractivity contribution in [1.82, 2.24) is 0 Å². The molecule has 0 radical (unpaired) electrons. The summed E-state index contributed by atoms with van der Waals surface area (Å²) in [6.07, 6.45) is 2.54. The van der Waals surface area contributed by atoms with E-state index in [2.05, 4.69) is 5.32 Å². The van der Waals surface area contributed by atoms with Crippen molar-refractivity contribution in [1.29, 1.82) is 5.26 Å². The number of hydrogen-bond acceptors (Lipinski definition) is 3. The molecule has 4 heteroatoms. The number of carbonyl (C=O) groups excluding carboxylic acids is 1. The molecule has 4 nitrogen and oxygen atoms in total. The number of furan rings is 1. The standard InChI is InChI=1S/C14H12N2O2/c15-10-11-3-5-12(6-4-11)16-14(17)8-7-13-2-1-9-18-13/h1-6,9H,7-8H2,(H,16,17). The van der Waals surface area contributed by atoms with Gasteiger partial charge in [0.1, 0.15) is 5.76 Å². The lowest BCUT2D eigenvalue weighted by molar-refractivity contribution is -0.116. The van der Waals surface area contributed by atoms with Crippen LogP contribution in [0.3, 0.4) is 0 Å². The van der Waals surface area contributed by atoms with E-state index in [0.717, 1.165) is 5.76 Å². The average Bonchev–Trinajstić information content (AvgIpc) is 2.90. The molecule has 1 N–H and O–H groups in total. The molecule has 1 aromatic carbocycles. The number of hydrogen-bond donors (Lipinski definition) is 1. The summed E-state index contributed by atoms with van der Waals surface area (Å²) in [6, 6.07) is 12.4. The molecule has 0 atom stereocenters. The number of benzene rings is 1. The van der Waals surface area contributed by atoms with E-state index in [9.17, 15) is 4.79 Å². The van der Waals surface area contributed by atoms with Gasteiger partial charge in [-0.15, -0.1) is 0 Å². The Morgan fingerprint density at radius 2 is 2.06 bits per heavy atom. The van der Waals surface area contributed by atoms with Crippen LogP contribution in [0.1, 0.15) is 17.7 Å². The topological polar surface area (TPSA) is 66.0 Å². The van der Waals surface area contributed by atoms with E-state index in [1.54, 1.807) is 36.6 Å². The number of rotatable bonds is 4. The Morgan fingerprint density at radius 3 is 2.67 bits per heavy atom. The summed E-state index contributed by atoms with van der Waals surface area (Å²) in [7, 11) is 0. The Kier molecular flexibility index (Phi) is 3.77. The maximum Gasteiger partial charge on any atom is 0.224 e. The number of nitrogens with zero attached hydrogens (tertiary/aromatic N) is 1. The van der Waals surface area contributed by atoms with Crippen LogP contribution in [0.15, 0.2) is 47.1 Å². The van der Waals surface area contributed by atoms with Crippen LogP contribution in [0.2, 0.25) is 0 Å². The molecule has 1 heterocycles. The molecule has 2 rings (SSSR count). The van der Waals surface area contributed by atoms with Gasteiger partial charge >= 0.3 is 0 Å². The molecule has 0 bridgehead atoms. The van der Waals surface area contributed by atoms with E-state index >= 15 is 0 Å². The number of amides is 1. The fourth-order valence-electron chi connectivity index (χ4n) is 1.54. The summed E-state index contributed by atoms with van der Waals surface area (Å²) in [6.45, 7) is 0. The first kappa shape index (κ1) is 11.9. The number of nitrogens with one attached hydrogen (secondary N) is 1. The van der Waals surface area contributed by atoms with Crippen LogP contribution in [-0.4, -0.2) is 5.91 Å². The van der Waals surface area contributed by atoms with Crippen LogP contribution >= 0.6 is 0 Å². The lowest BCUT2D eigenvalue weighted by Crippen LogP contribution is -2.12. The molecule has 18 heavy (non-hydrogen) atoms. The second kappa shape index (κ2) is 5.69. The Labute approximate surface area is 105 Å². The van der Waals surface area contributed by atoms with Crippen molar-refractivity contribution in [2.75, 3.05) is 5.32 Å². The van der Waals surface area contributed by atoms with Gasteiger partial charge in [0, 0.05) is 18.5 Å². The predicted octanol–water partition coefficient (Wildman–Crippen LogP) is 2.72. The van der Waals surface area contributed by atoms with Gasteiger partial charge in [-0.2, -0.15) is 5.26 Å². The SMILES string of the molecule is N#Cc1ccc(NC(=O)CCc2ccco2)cc1. The van der Waals surface area contributed by atoms with E-state index in [0.29, 0.717) is 24.1 Å². The van der Waals surface area contributed by atoms with Crippen molar-refractivity contribution >= 4 is 11.6 Å². The van der Waals surface area contributed by atoms with Gasteiger partial charge in [0.25, 0.3) is 0 Å². The maximum absolute atomic E-state index is 11.6. The highest BCUT2D eigenvalue weighted by Crippen LogP contribution is 2.10. The summed E-state index contributed by atoms with van der Waals surface area (Å²) >= 11 is 0. The van der Waals surface area contributed by atoms with E-state index in [1.165, 1.54) is 0 Å². The summed E-state index contributed by atoms with van der Waals surface area (Å²) in [5, 5.41) is 11.4. The second-order valence-corrected chi connectivity index (χ2v) is 3.82. The molecular formula is C14H12N2O2. The number of carbonyl (C=O) groups is 1. The van der Waals surface area contributed by atoms with Crippen LogP contribution in [0, 0.1) is 11.3 Å². The molecule has 0 aliphatic carbocycles. The Hall–Kier alpha value is -2.54. The molecule has 0 spiro atoms. The molecule has 0 saturated carbocycles. The van der Waals surface area contributed by atoms with E-state index in [4.69, 9.17) is 9.68 Å². The van der Waals surface area contributed by atoms with Crippen LogP contribution < -0.4 is 5.32 Å². The third kappa shape index (κ3) is 3.22. The molecular weight excluding hydrogens is 228 g/mol. The highest BCUT2D eigenvalue weighted by atomic mass is 16.3. The lowest BCUT2D eigenvalue weighted by Gasteiger charge is -2.04. The fourth-order valence-corrected chi connectivity index (χ4v) is 1.54. The van der Waals surface area contributed by atoms with E-state index < -0.39 is 0 Å². The summed E-state index contributed by atoms with van der Waals surface area (Å²) in [5.41, 5.74) is 1.27. The first-order valence-corrected chi connectivity index (χ1v) is 5.60. The minimum atomic E-state index is -0.0730. The summed E-state index contributed by atoms with van der Waals surface area (Å²) in [5.74, 6) is 0.723. The number of aryl methyl sites for hydroxylation is 1. The quantitative estimate of drug-likeness (QED) is 0.893. The molecule has 1 aromatic heterocycles. The molecule has 1 amide bonds. The Morgan fingerprint density at radius 1 is 1.28 bits per heavy atom. The zero-order valence-corrected chi connectivity index (χ0v) is 9.72. The largest absolute Gasteiger partial charge is 0.469 e. The van der Waals surface area contributed by atoms with Crippen molar-refractivity contribution in [3.63, 3.8) is 0 Å². The minimum Gasteiger partial charge on any atom is -0.469 e. The van der Waals surface area contributed by atoms with Crippen LogP contribution in [0.25, 0.3) is 0 Å². The van der Waals surface area contributed by atoms with Crippen molar-refractivity contribution in [3.8, 4) is 6.07 Å². The normalized spacial score (nSPS) is 9.72. The van der Waals surface area contributed by atoms with Crippen molar-refractivity contribution in [2.45, 2.75) is 12.8 Å². The Bertz CT molecular complexity index is 550. The maximum atomic E-state index is 11.6. The first-order valence-electron chi connectivity index (χ1n) is 5.60. The first-order chi connectivity index (χ1) is 8.78. The molecule has 0 unspecified atom stereocenters. The number of nitriles is 1. The van der Waals surface area contributed by atoms with Gasteiger partial charge in [-0.1, -0.05) is 0 Å². The molecule has 2 aromatic rings. The summed E-state index contributed by atoms with van der Waals surface area (Å²) < 4.78 is 5.15. The van der Waals surface area contributed by atoms with Crippen molar-refractivity contribution in [2.24, 2.45) is 0 Å². The van der Waals surface area contributed by atoms with E-state index in [-0.39, 0.29) is 5.91 Å². The van der Waals surface area contributed by atoms with Gasteiger partial charge in [0.05, 0.1) is 17.9 Å². The molecule has 0 aliphatic rings. The van der Waals surface area contributed by atoms with Gasteiger partial charge < -0.3 is 9.73 Å². The van der Waals surface area contributed by atoms with Crippen LogP contribution in [0.4, 0.5) is 5.69 Å². The van der Waals surface area contributed by atoms with Gasteiger partial charge in [0.2, 0.25) is 5.91 Å². The molecule has 0 saturated heterocycles. The smallest absolute Gasteiger partial charge is 0.224 e. The van der Waals surface area contributed by atoms with Crippen LogP contribution in [0.5, 0.6) is 0 Å². The second-order valence-electron chi connectivity index (χ2n) is 3.82. The van der Waals surface area contributed by atoms with Crippen molar-refractivity contribution in [3.05, 3.63) is 54.0 Å². The zero-order valence-electron chi connectivity index (χ0n) is 9.72. The lowest BCUT2D eigenvalue weighted by atomic mass is 10.2. The van der Waals surface area contributed by atoms with Crippen molar-refractivity contribution < 1.29 is 9.21 Å². The van der Waals surface area contributed by atoms with Gasteiger partial charge in [0.15, 0.2) is 0 Å².